The molecule has 0 amide bonds. The minimum Gasteiger partial charge on any atom is -0.469 e. The first-order valence-electron chi connectivity index (χ1n) is 11.7. The number of carbonyl (C=O) groups is 1. The van der Waals surface area contributed by atoms with E-state index in [1.54, 1.807) is 0 Å². The van der Waals surface area contributed by atoms with Crippen molar-refractivity contribution in [3.05, 3.63) is 11.6 Å². The Morgan fingerprint density at radius 1 is 1.13 bits per heavy atom. The molecule has 3 saturated carbocycles. The van der Waals surface area contributed by atoms with Crippen LogP contribution < -0.4 is 0 Å². The van der Waals surface area contributed by atoms with Crippen molar-refractivity contribution in [3.63, 3.8) is 0 Å². The van der Waals surface area contributed by atoms with Gasteiger partial charge in [0.15, 0.2) is 6.29 Å². The molecule has 3 N–H and O–H groups in total. The molecule has 3 unspecified atom stereocenters. The minimum atomic E-state index is -0.734. The van der Waals surface area contributed by atoms with Gasteiger partial charge in [-0.05, 0) is 68.1 Å². The number of aliphatic hydroxyl groups is 3. The van der Waals surface area contributed by atoms with Gasteiger partial charge in [-0.2, -0.15) is 0 Å². The molecule has 0 aromatic rings. The van der Waals surface area contributed by atoms with E-state index in [1.165, 1.54) is 7.11 Å². The molecule has 1 spiro atoms. The predicted octanol–water partition coefficient (Wildman–Crippen LogP) is 2.55. The van der Waals surface area contributed by atoms with Gasteiger partial charge < -0.3 is 24.8 Å². The molecule has 6 heteroatoms. The summed E-state index contributed by atoms with van der Waals surface area (Å²) < 4.78 is 11.4. The first kappa shape index (κ1) is 20.9. The SMILES string of the molecule is COC(=O)[C@@H]1C=C2C[C@@H](O)CC[C@]2(C)C2[C@@H]1[C@@H]1CCC3(CCC(O)O3)[C@@]1(C)C[C@H]2O. The van der Waals surface area contributed by atoms with E-state index in [0.717, 1.165) is 37.7 Å². The van der Waals surface area contributed by atoms with Gasteiger partial charge in [0.25, 0.3) is 0 Å². The van der Waals surface area contributed by atoms with Crippen LogP contribution in [-0.4, -0.2) is 52.5 Å². The van der Waals surface area contributed by atoms with Gasteiger partial charge in [0.1, 0.15) is 0 Å². The normalized spacial score (nSPS) is 54.9. The third-order valence-electron chi connectivity index (χ3n) is 9.99. The Labute approximate surface area is 178 Å². The number of fused-ring (bicyclic) bond motifs is 6. The van der Waals surface area contributed by atoms with E-state index < -0.39 is 23.9 Å². The Morgan fingerprint density at radius 3 is 2.53 bits per heavy atom. The minimum absolute atomic E-state index is 0.0177. The first-order valence-corrected chi connectivity index (χ1v) is 11.7. The summed E-state index contributed by atoms with van der Waals surface area (Å²) in [5, 5.41) is 32.1. The van der Waals surface area contributed by atoms with Crippen molar-refractivity contribution in [2.24, 2.45) is 34.5 Å². The van der Waals surface area contributed by atoms with Crippen molar-refractivity contribution >= 4 is 5.97 Å². The van der Waals surface area contributed by atoms with Gasteiger partial charge in [0, 0.05) is 11.8 Å². The molecule has 1 heterocycles. The van der Waals surface area contributed by atoms with Crippen LogP contribution in [0.2, 0.25) is 0 Å². The molecule has 1 saturated heterocycles. The lowest BCUT2D eigenvalue weighted by Gasteiger charge is -2.62. The highest BCUT2D eigenvalue weighted by atomic mass is 16.6. The molecule has 0 bridgehead atoms. The number of ether oxygens (including phenoxy) is 2. The maximum atomic E-state index is 13.0. The molecule has 0 aromatic heterocycles. The number of rotatable bonds is 1. The molecule has 0 aromatic carbocycles. The molecule has 30 heavy (non-hydrogen) atoms. The fourth-order valence-corrected chi connectivity index (χ4v) is 8.56. The van der Waals surface area contributed by atoms with Crippen molar-refractivity contribution in [1.82, 2.24) is 0 Å². The van der Waals surface area contributed by atoms with Crippen molar-refractivity contribution in [2.45, 2.75) is 89.3 Å². The highest BCUT2D eigenvalue weighted by Crippen LogP contribution is 2.70. The zero-order chi connectivity index (χ0) is 21.5. The van der Waals surface area contributed by atoms with Gasteiger partial charge in [0.2, 0.25) is 0 Å². The van der Waals surface area contributed by atoms with Crippen LogP contribution in [0.3, 0.4) is 0 Å². The molecule has 4 fully saturated rings. The number of hydrogen-bond donors (Lipinski definition) is 3. The number of aliphatic hydroxyl groups excluding tert-OH is 3. The monoisotopic (exact) mass is 420 g/mol. The van der Waals surface area contributed by atoms with Gasteiger partial charge in [-0.25, -0.2) is 0 Å². The number of carbonyl (C=O) groups excluding carboxylic acids is 1. The van der Waals surface area contributed by atoms with Gasteiger partial charge >= 0.3 is 5.97 Å². The summed E-state index contributed by atoms with van der Waals surface area (Å²) in [4.78, 5) is 13.0. The lowest BCUT2D eigenvalue weighted by Crippen LogP contribution is -2.62. The van der Waals surface area contributed by atoms with Crippen LogP contribution in [-0.2, 0) is 14.3 Å². The second-order valence-electron chi connectivity index (χ2n) is 11.1. The number of methoxy groups -OCH3 is 1. The molecule has 1 aliphatic heterocycles. The molecule has 10 atom stereocenters. The molecule has 168 valence electrons. The van der Waals surface area contributed by atoms with Crippen LogP contribution in [0.25, 0.3) is 0 Å². The zero-order valence-electron chi connectivity index (χ0n) is 18.3. The average molecular weight is 421 g/mol. The Morgan fingerprint density at radius 2 is 1.87 bits per heavy atom. The fraction of sp³-hybridized carbons (Fsp3) is 0.875. The standard InChI is InChI=1S/C24H36O6/c1-22-7-4-14(25)10-13(22)11-15(21(28)29-3)19-16-5-8-24(9-6-18(27)30-24)23(16,2)12-17(26)20(19)22/h11,14-20,25-27H,4-10,12H2,1-3H3/t14-,15+,16-,17+,18?,19-,20?,22-,23-,24?/m0/s1. The Kier molecular flexibility index (Phi) is 4.72. The molecule has 6 nitrogen and oxygen atoms in total. The third kappa shape index (κ3) is 2.60. The van der Waals surface area contributed by atoms with E-state index >= 15 is 0 Å². The largest absolute Gasteiger partial charge is 0.469 e. The number of hydrogen-bond acceptors (Lipinski definition) is 6. The molecule has 0 radical (unpaired) electrons. The van der Waals surface area contributed by atoms with Crippen molar-refractivity contribution < 1.29 is 29.6 Å². The van der Waals surface area contributed by atoms with Crippen molar-refractivity contribution in [1.29, 1.82) is 0 Å². The second-order valence-corrected chi connectivity index (χ2v) is 11.1. The molecule has 5 rings (SSSR count). The van der Waals surface area contributed by atoms with E-state index in [9.17, 15) is 20.1 Å². The van der Waals surface area contributed by atoms with Gasteiger partial charge in [-0.15, -0.1) is 0 Å². The molecule has 5 aliphatic rings. The summed E-state index contributed by atoms with van der Waals surface area (Å²) in [6, 6.07) is 0. The van der Waals surface area contributed by atoms with Crippen molar-refractivity contribution in [3.8, 4) is 0 Å². The van der Waals surface area contributed by atoms with Crippen LogP contribution in [0.5, 0.6) is 0 Å². The van der Waals surface area contributed by atoms with Crippen LogP contribution in [0.15, 0.2) is 11.6 Å². The van der Waals surface area contributed by atoms with Gasteiger partial charge in [-0.3, -0.25) is 4.79 Å². The quantitative estimate of drug-likeness (QED) is 0.446. The summed E-state index contributed by atoms with van der Waals surface area (Å²) >= 11 is 0. The lowest BCUT2D eigenvalue weighted by molar-refractivity contribution is -0.217. The van der Waals surface area contributed by atoms with E-state index in [4.69, 9.17) is 9.47 Å². The predicted molar refractivity (Wildman–Crippen MR) is 109 cm³/mol. The second kappa shape index (κ2) is 6.77. The maximum Gasteiger partial charge on any atom is 0.312 e. The Bertz CT molecular complexity index is 765. The van der Waals surface area contributed by atoms with Crippen LogP contribution in [0, 0.1) is 34.5 Å². The highest BCUT2D eigenvalue weighted by Gasteiger charge is 2.70. The lowest BCUT2D eigenvalue weighted by atomic mass is 9.44. The Balaban J connectivity index is 1.61. The van der Waals surface area contributed by atoms with Crippen LogP contribution in [0.4, 0.5) is 0 Å². The van der Waals surface area contributed by atoms with E-state index in [1.807, 2.05) is 0 Å². The molecular formula is C24H36O6. The van der Waals surface area contributed by atoms with E-state index in [0.29, 0.717) is 19.3 Å². The Hall–Kier alpha value is -0.950. The topological polar surface area (TPSA) is 96.2 Å². The van der Waals surface area contributed by atoms with E-state index in [-0.39, 0.29) is 40.7 Å². The summed E-state index contributed by atoms with van der Waals surface area (Å²) in [5.74, 6) is -0.482. The van der Waals surface area contributed by atoms with Crippen LogP contribution >= 0.6 is 0 Å². The van der Waals surface area contributed by atoms with Crippen molar-refractivity contribution in [2.75, 3.05) is 7.11 Å². The first-order chi connectivity index (χ1) is 14.1. The summed E-state index contributed by atoms with van der Waals surface area (Å²) in [7, 11) is 1.43. The van der Waals surface area contributed by atoms with Gasteiger partial charge in [-0.1, -0.05) is 25.5 Å². The molecule has 4 aliphatic carbocycles. The summed E-state index contributed by atoms with van der Waals surface area (Å²) in [6.07, 6.45) is 6.40. The van der Waals surface area contributed by atoms with Gasteiger partial charge in [0.05, 0.1) is 30.8 Å². The third-order valence-corrected chi connectivity index (χ3v) is 9.99. The fourth-order valence-electron chi connectivity index (χ4n) is 8.56. The zero-order valence-corrected chi connectivity index (χ0v) is 18.3. The molecular weight excluding hydrogens is 384 g/mol. The van der Waals surface area contributed by atoms with E-state index in [2.05, 4.69) is 19.9 Å². The summed E-state index contributed by atoms with van der Waals surface area (Å²) in [5.41, 5.74) is 0.201. The summed E-state index contributed by atoms with van der Waals surface area (Å²) in [6.45, 7) is 4.44. The highest BCUT2D eigenvalue weighted by molar-refractivity contribution is 5.75. The smallest absolute Gasteiger partial charge is 0.312 e. The van der Waals surface area contributed by atoms with Crippen LogP contribution in [0.1, 0.15) is 65.2 Å². The maximum absolute atomic E-state index is 13.0. The number of esters is 1. The average Bonchev–Trinajstić information content (AvgIpc) is 3.21.